The molecule has 5 heteroatoms. The fraction of sp³-hybridized carbons (Fsp3) is 0.600. The van der Waals surface area contributed by atoms with Crippen LogP contribution in [0.2, 0.25) is 0 Å². The van der Waals surface area contributed by atoms with Crippen molar-refractivity contribution in [2.45, 2.75) is 58.0 Å². The molecule has 0 saturated heterocycles. The quantitative estimate of drug-likeness (QED) is 0.849. The van der Waals surface area contributed by atoms with Crippen molar-refractivity contribution in [2.24, 2.45) is 0 Å². The maximum absolute atomic E-state index is 13.1. The van der Waals surface area contributed by atoms with E-state index in [-0.39, 0.29) is 11.9 Å². The molecule has 0 bridgehead atoms. The van der Waals surface area contributed by atoms with Gasteiger partial charge in [0, 0.05) is 12.6 Å². The van der Waals surface area contributed by atoms with Crippen molar-refractivity contribution >= 4 is 0 Å². The van der Waals surface area contributed by atoms with Gasteiger partial charge in [0.1, 0.15) is 5.75 Å². The highest BCUT2D eigenvalue weighted by molar-refractivity contribution is 5.39. The summed E-state index contributed by atoms with van der Waals surface area (Å²) in [5.41, 5.74) is -0.0476. The Balaban J connectivity index is 2.17. The van der Waals surface area contributed by atoms with Crippen LogP contribution in [0.4, 0.5) is 13.2 Å². The summed E-state index contributed by atoms with van der Waals surface area (Å²) in [6.07, 6.45) is -1.73. The number of benzene rings is 1. The summed E-state index contributed by atoms with van der Waals surface area (Å²) in [4.78, 5) is 0. The zero-order valence-corrected chi connectivity index (χ0v) is 11.8. The van der Waals surface area contributed by atoms with Gasteiger partial charge in [-0.1, -0.05) is 13.0 Å². The average Bonchev–Trinajstić information content (AvgIpc) is 3.20. The van der Waals surface area contributed by atoms with Gasteiger partial charge in [-0.15, -0.1) is 0 Å². The lowest BCUT2D eigenvalue weighted by Crippen LogP contribution is -2.18. The number of alkyl halides is 3. The molecule has 1 N–H and O–H groups in total. The second-order valence-electron chi connectivity index (χ2n) is 5.32. The van der Waals surface area contributed by atoms with E-state index in [1.807, 2.05) is 6.92 Å². The van der Waals surface area contributed by atoms with Crippen LogP contribution in [0.5, 0.6) is 5.75 Å². The highest BCUT2D eigenvalue weighted by Gasteiger charge is 2.35. The zero-order chi connectivity index (χ0) is 14.8. The van der Waals surface area contributed by atoms with E-state index in [0.717, 1.165) is 12.8 Å². The monoisotopic (exact) mass is 287 g/mol. The van der Waals surface area contributed by atoms with Gasteiger partial charge < -0.3 is 10.1 Å². The Labute approximate surface area is 117 Å². The maximum Gasteiger partial charge on any atom is 0.419 e. The first kappa shape index (κ1) is 15.2. The minimum atomic E-state index is -4.39. The van der Waals surface area contributed by atoms with Gasteiger partial charge in [0.15, 0.2) is 0 Å². The Morgan fingerprint density at radius 1 is 1.35 bits per heavy atom. The van der Waals surface area contributed by atoms with Crippen molar-refractivity contribution in [1.29, 1.82) is 0 Å². The Morgan fingerprint density at radius 3 is 2.60 bits per heavy atom. The van der Waals surface area contributed by atoms with E-state index in [2.05, 4.69) is 5.32 Å². The van der Waals surface area contributed by atoms with Crippen molar-refractivity contribution in [2.75, 3.05) is 0 Å². The predicted molar refractivity (Wildman–Crippen MR) is 71.7 cm³/mol. The first-order valence-electron chi connectivity index (χ1n) is 7.00. The summed E-state index contributed by atoms with van der Waals surface area (Å²) in [6, 6.07) is 4.79. The van der Waals surface area contributed by atoms with Crippen LogP contribution < -0.4 is 10.1 Å². The summed E-state index contributed by atoms with van der Waals surface area (Å²) < 4.78 is 44.7. The molecule has 1 aliphatic carbocycles. The Hall–Kier alpha value is -1.23. The predicted octanol–water partition coefficient (Wildman–Crippen LogP) is 4.13. The van der Waals surface area contributed by atoms with Crippen LogP contribution in [0.15, 0.2) is 18.2 Å². The van der Waals surface area contributed by atoms with Gasteiger partial charge in [0.2, 0.25) is 0 Å². The molecule has 0 heterocycles. The molecule has 1 fully saturated rings. The second-order valence-corrected chi connectivity index (χ2v) is 5.32. The number of hydrogen-bond donors (Lipinski definition) is 1. The zero-order valence-electron chi connectivity index (χ0n) is 11.8. The fourth-order valence-corrected chi connectivity index (χ4v) is 1.86. The Bertz CT molecular complexity index is 455. The molecular weight excluding hydrogens is 267 g/mol. The van der Waals surface area contributed by atoms with Crippen LogP contribution in [-0.4, -0.2) is 12.1 Å². The van der Waals surface area contributed by atoms with Gasteiger partial charge in [-0.3, -0.25) is 0 Å². The molecule has 1 saturated carbocycles. The molecule has 0 amide bonds. The molecule has 112 valence electrons. The van der Waals surface area contributed by atoms with Crippen LogP contribution in [0, 0.1) is 0 Å². The standard InChI is InChI=1S/C15H20F3NO/c1-3-10(2)20-14-7-4-11(9-19-12-5-6-12)8-13(14)15(16,17)18/h4,7-8,10,12,19H,3,5-6,9H2,1-2H3. The van der Waals surface area contributed by atoms with E-state index >= 15 is 0 Å². The van der Waals surface area contributed by atoms with Crippen molar-refractivity contribution < 1.29 is 17.9 Å². The van der Waals surface area contributed by atoms with E-state index in [1.54, 1.807) is 13.0 Å². The van der Waals surface area contributed by atoms with E-state index in [1.165, 1.54) is 12.1 Å². The molecule has 0 aliphatic heterocycles. The number of rotatable bonds is 6. The highest BCUT2D eigenvalue weighted by Crippen LogP contribution is 2.37. The normalized spacial score (nSPS) is 17.1. The van der Waals surface area contributed by atoms with Gasteiger partial charge in [-0.2, -0.15) is 13.2 Å². The summed E-state index contributed by atoms with van der Waals surface area (Å²) >= 11 is 0. The van der Waals surface area contributed by atoms with Crippen LogP contribution in [0.3, 0.4) is 0 Å². The molecule has 1 aromatic carbocycles. The van der Waals surface area contributed by atoms with E-state index < -0.39 is 11.7 Å². The minimum Gasteiger partial charge on any atom is -0.490 e. The number of hydrogen-bond acceptors (Lipinski definition) is 2. The second kappa shape index (κ2) is 6.04. The van der Waals surface area contributed by atoms with Gasteiger partial charge in [-0.05, 0) is 43.9 Å². The third-order valence-electron chi connectivity index (χ3n) is 3.42. The maximum atomic E-state index is 13.1. The molecule has 1 unspecified atom stereocenters. The van der Waals surface area contributed by atoms with Crippen LogP contribution in [0.25, 0.3) is 0 Å². The first-order valence-corrected chi connectivity index (χ1v) is 7.00. The van der Waals surface area contributed by atoms with Gasteiger partial charge in [-0.25, -0.2) is 0 Å². The lowest BCUT2D eigenvalue weighted by molar-refractivity contribution is -0.139. The van der Waals surface area contributed by atoms with E-state index in [0.29, 0.717) is 24.6 Å². The van der Waals surface area contributed by atoms with E-state index in [4.69, 9.17) is 4.74 Å². The summed E-state index contributed by atoms with van der Waals surface area (Å²) in [5, 5.41) is 3.21. The molecule has 0 radical (unpaired) electrons. The van der Waals surface area contributed by atoms with Gasteiger partial charge in [0.25, 0.3) is 0 Å². The average molecular weight is 287 g/mol. The van der Waals surface area contributed by atoms with Gasteiger partial charge >= 0.3 is 6.18 Å². The van der Waals surface area contributed by atoms with Crippen molar-refractivity contribution in [3.63, 3.8) is 0 Å². The lowest BCUT2D eigenvalue weighted by Gasteiger charge is -2.18. The molecule has 1 atom stereocenters. The number of halogens is 3. The molecule has 0 spiro atoms. The molecule has 0 aromatic heterocycles. The Morgan fingerprint density at radius 2 is 2.05 bits per heavy atom. The minimum absolute atomic E-state index is 0.0815. The topological polar surface area (TPSA) is 21.3 Å². The fourth-order valence-electron chi connectivity index (χ4n) is 1.86. The third kappa shape index (κ3) is 4.13. The smallest absolute Gasteiger partial charge is 0.419 e. The third-order valence-corrected chi connectivity index (χ3v) is 3.42. The van der Waals surface area contributed by atoms with Crippen molar-refractivity contribution in [3.05, 3.63) is 29.3 Å². The molecule has 2 nitrogen and oxygen atoms in total. The highest BCUT2D eigenvalue weighted by atomic mass is 19.4. The summed E-state index contributed by atoms with van der Waals surface area (Å²) in [7, 11) is 0. The van der Waals surface area contributed by atoms with Crippen molar-refractivity contribution in [3.8, 4) is 5.75 Å². The molecular formula is C15H20F3NO. The first-order chi connectivity index (χ1) is 9.40. The molecule has 1 aromatic rings. The summed E-state index contributed by atoms with van der Waals surface area (Å²) in [6.45, 7) is 4.12. The SMILES string of the molecule is CCC(C)Oc1ccc(CNC2CC2)cc1C(F)(F)F. The molecule has 1 aliphatic rings. The van der Waals surface area contributed by atoms with E-state index in [9.17, 15) is 13.2 Å². The van der Waals surface area contributed by atoms with Crippen LogP contribution >= 0.6 is 0 Å². The van der Waals surface area contributed by atoms with Crippen LogP contribution in [-0.2, 0) is 12.7 Å². The largest absolute Gasteiger partial charge is 0.490 e. The van der Waals surface area contributed by atoms with Crippen molar-refractivity contribution in [1.82, 2.24) is 5.32 Å². The molecule has 20 heavy (non-hydrogen) atoms. The molecule has 2 rings (SSSR count). The van der Waals surface area contributed by atoms with Crippen LogP contribution in [0.1, 0.15) is 44.2 Å². The lowest BCUT2D eigenvalue weighted by atomic mass is 10.1. The van der Waals surface area contributed by atoms with Gasteiger partial charge in [0.05, 0.1) is 11.7 Å². The summed E-state index contributed by atoms with van der Waals surface area (Å²) in [5.74, 6) is -0.0815. The number of ether oxygens (including phenoxy) is 1. The number of nitrogens with one attached hydrogen (secondary N) is 1. The Kier molecular flexibility index (Phi) is 4.58.